The Kier molecular flexibility index (Phi) is 8.14. The van der Waals surface area contributed by atoms with Gasteiger partial charge in [-0.25, -0.2) is 5.43 Å². The molecule has 1 amide bonds. The molecule has 194 valence electrons. The Bertz CT molecular complexity index is 1580. The fraction of sp³-hybridized carbons (Fsp3) is 0.0968. The molecule has 0 unspecified atom stereocenters. The topological polar surface area (TPSA) is 81.4 Å². The molecule has 0 saturated carbocycles. The summed E-state index contributed by atoms with van der Waals surface area (Å²) >= 11 is 1.31. The third kappa shape index (κ3) is 6.80. The van der Waals surface area contributed by atoms with E-state index >= 15 is 0 Å². The van der Waals surface area contributed by atoms with Crippen molar-refractivity contribution in [2.45, 2.75) is 19.0 Å². The lowest BCUT2D eigenvalue weighted by molar-refractivity contribution is -0.118. The number of benzene rings is 4. The van der Waals surface area contributed by atoms with Gasteiger partial charge in [-0.2, -0.15) is 5.10 Å². The first kappa shape index (κ1) is 25.9. The summed E-state index contributed by atoms with van der Waals surface area (Å²) < 4.78 is 7.84. The molecular weight excluding hydrogens is 506 g/mol. The van der Waals surface area contributed by atoms with Crippen molar-refractivity contribution in [3.8, 4) is 28.6 Å². The van der Waals surface area contributed by atoms with Gasteiger partial charge in [0.15, 0.2) is 11.0 Å². The highest BCUT2D eigenvalue weighted by atomic mass is 32.2. The van der Waals surface area contributed by atoms with E-state index in [4.69, 9.17) is 4.74 Å². The molecule has 0 fully saturated rings. The Hall–Kier alpha value is -4.69. The molecular formula is C31H27N5O2S. The van der Waals surface area contributed by atoms with Crippen LogP contribution in [0.4, 0.5) is 0 Å². The number of aryl methyl sites for hydroxylation is 2. The molecule has 0 saturated heterocycles. The normalized spacial score (nSPS) is 11.0. The minimum atomic E-state index is -0.247. The lowest BCUT2D eigenvalue weighted by Gasteiger charge is -2.11. The van der Waals surface area contributed by atoms with Gasteiger partial charge in [-0.1, -0.05) is 89.6 Å². The number of carbonyl (C=O) groups is 1. The summed E-state index contributed by atoms with van der Waals surface area (Å²) in [5.41, 5.74) is 7.61. The van der Waals surface area contributed by atoms with E-state index in [0.29, 0.717) is 10.9 Å². The molecule has 0 spiro atoms. The third-order valence-electron chi connectivity index (χ3n) is 5.81. The maximum atomic E-state index is 12.6. The number of aromatic nitrogens is 3. The van der Waals surface area contributed by atoms with Crippen molar-refractivity contribution in [3.05, 3.63) is 120 Å². The first-order chi connectivity index (χ1) is 19.0. The Morgan fingerprint density at radius 3 is 2.31 bits per heavy atom. The van der Waals surface area contributed by atoms with Gasteiger partial charge in [0.05, 0.1) is 12.0 Å². The lowest BCUT2D eigenvalue weighted by atomic mass is 10.1. The van der Waals surface area contributed by atoms with Crippen molar-refractivity contribution < 1.29 is 9.53 Å². The number of hydrogen-bond acceptors (Lipinski definition) is 6. The van der Waals surface area contributed by atoms with E-state index in [9.17, 15) is 4.79 Å². The molecule has 5 rings (SSSR count). The SMILES string of the molecule is Cc1ccc(-c2nnc(SCC(=O)N/N=C/c3cccc(Oc4ccccc4)c3)n2-c2ccc(C)cc2)cc1. The first-order valence-electron chi connectivity index (χ1n) is 12.4. The molecule has 0 aliphatic carbocycles. The summed E-state index contributed by atoms with van der Waals surface area (Å²) in [6.07, 6.45) is 1.59. The summed E-state index contributed by atoms with van der Waals surface area (Å²) in [5.74, 6) is 2.04. The zero-order valence-electron chi connectivity index (χ0n) is 21.6. The fourth-order valence-corrected chi connectivity index (χ4v) is 4.55. The van der Waals surface area contributed by atoms with Gasteiger partial charge in [-0.05, 0) is 55.8 Å². The average molecular weight is 534 g/mol. The van der Waals surface area contributed by atoms with Crippen LogP contribution in [0.15, 0.2) is 113 Å². The number of hydrogen-bond donors (Lipinski definition) is 1. The van der Waals surface area contributed by atoms with Crippen molar-refractivity contribution >= 4 is 23.9 Å². The van der Waals surface area contributed by atoms with Crippen LogP contribution in [-0.2, 0) is 4.79 Å². The molecule has 1 heterocycles. The number of thioether (sulfide) groups is 1. The maximum absolute atomic E-state index is 12.6. The van der Waals surface area contributed by atoms with Crippen LogP contribution in [0.1, 0.15) is 16.7 Å². The van der Waals surface area contributed by atoms with E-state index < -0.39 is 0 Å². The lowest BCUT2D eigenvalue weighted by Crippen LogP contribution is -2.20. The maximum Gasteiger partial charge on any atom is 0.250 e. The molecule has 4 aromatic carbocycles. The Balaban J connectivity index is 1.25. The van der Waals surface area contributed by atoms with Gasteiger partial charge in [0.2, 0.25) is 0 Å². The van der Waals surface area contributed by atoms with Crippen molar-refractivity contribution in [2.24, 2.45) is 5.10 Å². The second kappa shape index (κ2) is 12.2. The number of rotatable bonds is 9. The number of hydrazone groups is 1. The van der Waals surface area contributed by atoms with Crippen LogP contribution in [0.25, 0.3) is 17.1 Å². The zero-order chi connectivity index (χ0) is 27.0. The Labute approximate surface area is 231 Å². The Morgan fingerprint density at radius 1 is 0.872 bits per heavy atom. The number of nitrogens with zero attached hydrogens (tertiary/aromatic N) is 4. The van der Waals surface area contributed by atoms with Crippen molar-refractivity contribution in [3.63, 3.8) is 0 Å². The van der Waals surface area contributed by atoms with Gasteiger partial charge in [0.25, 0.3) is 5.91 Å². The second-order valence-electron chi connectivity index (χ2n) is 8.91. The van der Waals surface area contributed by atoms with Crippen LogP contribution >= 0.6 is 11.8 Å². The van der Waals surface area contributed by atoms with Crippen LogP contribution in [0.3, 0.4) is 0 Å². The van der Waals surface area contributed by atoms with Crippen LogP contribution in [0, 0.1) is 13.8 Å². The minimum absolute atomic E-state index is 0.131. The molecule has 8 heteroatoms. The number of para-hydroxylation sites is 1. The third-order valence-corrected chi connectivity index (χ3v) is 6.74. The molecule has 39 heavy (non-hydrogen) atoms. The summed E-state index contributed by atoms with van der Waals surface area (Å²) in [7, 11) is 0. The predicted octanol–water partition coefficient (Wildman–Crippen LogP) is 6.59. The van der Waals surface area contributed by atoms with Gasteiger partial charge in [0, 0.05) is 11.3 Å². The van der Waals surface area contributed by atoms with Gasteiger partial charge in [0.1, 0.15) is 11.5 Å². The van der Waals surface area contributed by atoms with Crippen molar-refractivity contribution in [1.29, 1.82) is 0 Å². The van der Waals surface area contributed by atoms with E-state index in [-0.39, 0.29) is 11.7 Å². The molecule has 7 nitrogen and oxygen atoms in total. The highest BCUT2D eigenvalue weighted by Gasteiger charge is 2.17. The molecule has 5 aromatic rings. The van der Waals surface area contributed by atoms with E-state index in [1.165, 1.54) is 17.3 Å². The number of amides is 1. The molecule has 0 aliphatic heterocycles. The summed E-state index contributed by atoms with van der Waals surface area (Å²) in [6, 6.07) is 33.3. The number of nitrogens with one attached hydrogen (secondary N) is 1. The molecule has 0 bridgehead atoms. The van der Waals surface area contributed by atoms with Crippen LogP contribution in [-0.4, -0.2) is 32.6 Å². The van der Waals surface area contributed by atoms with Gasteiger partial charge < -0.3 is 4.74 Å². The molecule has 0 aliphatic rings. The fourth-order valence-electron chi connectivity index (χ4n) is 3.80. The summed E-state index contributed by atoms with van der Waals surface area (Å²) in [4.78, 5) is 12.6. The standard InChI is InChI=1S/C31H27N5O2S/c1-22-11-15-25(16-12-22)30-34-35-31(36(30)26-17-13-23(2)14-18-26)39-21-29(37)33-32-20-24-7-6-10-28(19-24)38-27-8-4-3-5-9-27/h3-20H,21H2,1-2H3,(H,33,37)/b32-20+. The van der Waals surface area contributed by atoms with E-state index in [1.807, 2.05) is 122 Å². The van der Waals surface area contributed by atoms with Gasteiger partial charge in [-0.3, -0.25) is 9.36 Å². The largest absolute Gasteiger partial charge is 0.457 e. The highest BCUT2D eigenvalue weighted by Crippen LogP contribution is 2.28. The van der Waals surface area contributed by atoms with Crippen molar-refractivity contribution in [1.82, 2.24) is 20.2 Å². The quantitative estimate of drug-likeness (QED) is 0.131. The zero-order valence-corrected chi connectivity index (χ0v) is 22.4. The number of carbonyl (C=O) groups excluding carboxylic acids is 1. The van der Waals surface area contributed by atoms with Crippen LogP contribution in [0.5, 0.6) is 11.5 Å². The highest BCUT2D eigenvalue weighted by molar-refractivity contribution is 7.99. The van der Waals surface area contributed by atoms with Crippen LogP contribution < -0.4 is 10.2 Å². The second-order valence-corrected chi connectivity index (χ2v) is 9.86. The predicted molar refractivity (Wildman–Crippen MR) is 156 cm³/mol. The minimum Gasteiger partial charge on any atom is -0.457 e. The summed E-state index contributed by atoms with van der Waals surface area (Å²) in [5, 5.41) is 13.6. The van der Waals surface area contributed by atoms with Gasteiger partial charge in [-0.15, -0.1) is 10.2 Å². The number of ether oxygens (including phenoxy) is 1. The monoisotopic (exact) mass is 533 g/mol. The smallest absolute Gasteiger partial charge is 0.250 e. The van der Waals surface area contributed by atoms with E-state index in [0.717, 1.165) is 34.0 Å². The van der Waals surface area contributed by atoms with Crippen molar-refractivity contribution in [2.75, 3.05) is 5.75 Å². The molecule has 0 radical (unpaired) electrons. The van der Waals surface area contributed by atoms with Gasteiger partial charge >= 0.3 is 0 Å². The molecule has 1 aromatic heterocycles. The van der Waals surface area contributed by atoms with E-state index in [2.05, 4.69) is 20.7 Å². The summed E-state index contributed by atoms with van der Waals surface area (Å²) in [6.45, 7) is 4.09. The average Bonchev–Trinajstić information content (AvgIpc) is 3.37. The first-order valence-corrected chi connectivity index (χ1v) is 13.4. The molecule has 0 atom stereocenters. The molecule has 1 N–H and O–H groups in total. The van der Waals surface area contributed by atoms with Crippen LogP contribution in [0.2, 0.25) is 0 Å². The Morgan fingerprint density at radius 2 is 1.56 bits per heavy atom. The van der Waals surface area contributed by atoms with E-state index in [1.54, 1.807) is 6.21 Å².